The van der Waals surface area contributed by atoms with Crippen LogP contribution in [0.4, 0.5) is 5.69 Å². The topological polar surface area (TPSA) is 49.4 Å². The number of amides is 2. The fourth-order valence-electron chi connectivity index (χ4n) is 3.27. The summed E-state index contributed by atoms with van der Waals surface area (Å²) in [6.07, 6.45) is 1.43. The summed E-state index contributed by atoms with van der Waals surface area (Å²) < 4.78 is 0. The minimum atomic E-state index is -0.120. The van der Waals surface area contributed by atoms with Crippen molar-refractivity contribution in [3.05, 3.63) is 65.2 Å². The van der Waals surface area contributed by atoms with Crippen LogP contribution in [0.5, 0.6) is 0 Å². The van der Waals surface area contributed by atoms with Crippen LogP contribution in [-0.4, -0.2) is 41.3 Å². The van der Waals surface area contributed by atoms with Gasteiger partial charge in [-0.2, -0.15) is 11.8 Å². The Morgan fingerprint density at radius 2 is 1.57 bits per heavy atom. The molecule has 0 radical (unpaired) electrons. The summed E-state index contributed by atoms with van der Waals surface area (Å²) in [7, 11) is 0. The van der Waals surface area contributed by atoms with Gasteiger partial charge >= 0.3 is 0 Å². The van der Waals surface area contributed by atoms with E-state index in [1.807, 2.05) is 65.2 Å². The van der Waals surface area contributed by atoms with Crippen molar-refractivity contribution in [3.63, 3.8) is 0 Å². The molecule has 1 saturated heterocycles. The fourth-order valence-corrected chi connectivity index (χ4v) is 4.18. The molecule has 28 heavy (non-hydrogen) atoms. The van der Waals surface area contributed by atoms with E-state index >= 15 is 0 Å². The molecule has 1 fully saturated rings. The van der Waals surface area contributed by atoms with Gasteiger partial charge in [-0.3, -0.25) is 9.59 Å². The van der Waals surface area contributed by atoms with Crippen molar-refractivity contribution < 1.29 is 9.59 Å². The summed E-state index contributed by atoms with van der Waals surface area (Å²) in [4.78, 5) is 26.7. The average Bonchev–Trinajstić information content (AvgIpc) is 2.70. The standard InChI is InChI=1S/C23H28N2O2S/c1-17(2)15-18-3-7-20(8-4-18)23(27)24-21-9-5-19(6-10-21)16-22(26)25-11-13-28-14-12-25/h3-10,17H,11-16H2,1-2H3,(H,24,27). The van der Waals surface area contributed by atoms with E-state index in [9.17, 15) is 9.59 Å². The van der Waals surface area contributed by atoms with E-state index in [2.05, 4.69) is 19.2 Å². The van der Waals surface area contributed by atoms with Gasteiger partial charge in [-0.05, 0) is 47.7 Å². The zero-order valence-corrected chi connectivity index (χ0v) is 17.4. The Hall–Kier alpha value is -2.27. The van der Waals surface area contributed by atoms with E-state index in [0.717, 1.165) is 42.3 Å². The summed E-state index contributed by atoms with van der Waals surface area (Å²) in [6, 6.07) is 15.3. The van der Waals surface area contributed by atoms with Crippen LogP contribution in [0, 0.1) is 5.92 Å². The van der Waals surface area contributed by atoms with Crippen molar-refractivity contribution in [2.75, 3.05) is 29.9 Å². The summed E-state index contributed by atoms with van der Waals surface area (Å²) in [5.41, 5.74) is 3.60. The average molecular weight is 397 g/mol. The zero-order valence-electron chi connectivity index (χ0n) is 16.6. The highest BCUT2D eigenvalue weighted by Crippen LogP contribution is 2.15. The predicted octanol–water partition coefficient (Wildman–Crippen LogP) is 4.26. The van der Waals surface area contributed by atoms with E-state index in [0.29, 0.717) is 17.9 Å². The second-order valence-electron chi connectivity index (χ2n) is 7.62. The molecule has 5 heteroatoms. The molecule has 4 nitrogen and oxygen atoms in total. The first kappa shape index (κ1) is 20.5. The summed E-state index contributed by atoms with van der Waals surface area (Å²) in [5.74, 6) is 2.70. The Morgan fingerprint density at radius 1 is 0.964 bits per heavy atom. The lowest BCUT2D eigenvalue weighted by atomic mass is 10.0. The highest BCUT2D eigenvalue weighted by atomic mass is 32.2. The Kier molecular flexibility index (Phi) is 7.15. The molecule has 1 aliphatic heterocycles. The third kappa shape index (κ3) is 5.86. The maximum absolute atomic E-state index is 12.4. The van der Waals surface area contributed by atoms with Crippen LogP contribution in [0.3, 0.4) is 0 Å². The quantitative estimate of drug-likeness (QED) is 0.794. The number of carbonyl (C=O) groups excluding carboxylic acids is 2. The van der Waals surface area contributed by atoms with Crippen LogP contribution in [0.15, 0.2) is 48.5 Å². The molecule has 2 aromatic carbocycles. The third-order valence-electron chi connectivity index (χ3n) is 4.79. The van der Waals surface area contributed by atoms with Gasteiger partial charge in [-0.15, -0.1) is 0 Å². The summed E-state index contributed by atoms with van der Waals surface area (Å²) >= 11 is 1.90. The van der Waals surface area contributed by atoms with Gasteiger partial charge in [0.15, 0.2) is 0 Å². The molecule has 2 aromatic rings. The SMILES string of the molecule is CC(C)Cc1ccc(C(=O)Nc2ccc(CC(=O)N3CCSCC3)cc2)cc1. The summed E-state index contributed by atoms with van der Waals surface area (Å²) in [6.45, 7) is 6.05. The van der Waals surface area contributed by atoms with Gasteiger partial charge in [0, 0.05) is 35.8 Å². The van der Waals surface area contributed by atoms with Gasteiger partial charge in [-0.1, -0.05) is 38.1 Å². The van der Waals surface area contributed by atoms with Crippen molar-refractivity contribution in [2.24, 2.45) is 5.92 Å². The lowest BCUT2D eigenvalue weighted by Gasteiger charge is -2.26. The van der Waals surface area contributed by atoms with Crippen LogP contribution in [0.2, 0.25) is 0 Å². The van der Waals surface area contributed by atoms with Crippen LogP contribution < -0.4 is 5.32 Å². The maximum Gasteiger partial charge on any atom is 0.255 e. The van der Waals surface area contributed by atoms with Crippen molar-refractivity contribution in [3.8, 4) is 0 Å². The van der Waals surface area contributed by atoms with E-state index in [1.54, 1.807) is 0 Å². The Morgan fingerprint density at radius 3 is 2.18 bits per heavy atom. The van der Waals surface area contributed by atoms with Crippen molar-refractivity contribution in [1.29, 1.82) is 0 Å². The summed E-state index contributed by atoms with van der Waals surface area (Å²) in [5, 5.41) is 2.93. The predicted molar refractivity (Wildman–Crippen MR) is 117 cm³/mol. The van der Waals surface area contributed by atoms with E-state index < -0.39 is 0 Å². The molecular weight excluding hydrogens is 368 g/mol. The minimum absolute atomic E-state index is 0.120. The molecule has 0 saturated carbocycles. The van der Waals surface area contributed by atoms with Gasteiger partial charge in [0.25, 0.3) is 5.91 Å². The fraction of sp³-hybridized carbons (Fsp3) is 0.391. The lowest BCUT2D eigenvalue weighted by Crippen LogP contribution is -2.38. The van der Waals surface area contributed by atoms with Crippen molar-refractivity contribution in [2.45, 2.75) is 26.7 Å². The zero-order chi connectivity index (χ0) is 19.9. The second kappa shape index (κ2) is 9.78. The smallest absolute Gasteiger partial charge is 0.255 e. The normalized spacial score (nSPS) is 14.2. The molecule has 0 unspecified atom stereocenters. The molecule has 0 aliphatic carbocycles. The van der Waals surface area contributed by atoms with E-state index in [1.165, 1.54) is 5.56 Å². The molecule has 0 spiro atoms. The number of nitrogens with one attached hydrogen (secondary N) is 1. The number of nitrogens with zero attached hydrogens (tertiary/aromatic N) is 1. The van der Waals surface area contributed by atoms with Gasteiger partial charge in [-0.25, -0.2) is 0 Å². The molecule has 0 bridgehead atoms. The number of thioether (sulfide) groups is 1. The molecule has 3 rings (SSSR count). The van der Waals surface area contributed by atoms with Crippen LogP contribution in [-0.2, 0) is 17.6 Å². The number of benzene rings is 2. The molecular formula is C23H28N2O2S. The molecule has 148 valence electrons. The number of rotatable bonds is 6. The van der Waals surface area contributed by atoms with Gasteiger partial charge < -0.3 is 10.2 Å². The molecule has 1 aliphatic rings. The van der Waals surface area contributed by atoms with Gasteiger partial charge in [0.1, 0.15) is 0 Å². The monoisotopic (exact) mass is 396 g/mol. The van der Waals surface area contributed by atoms with Gasteiger partial charge in [0.05, 0.1) is 6.42 Å². The Labute approximate surface area is 171 Å². The van der Waals surface area contributed by atoms with Crippen LogP contribution in [0.25, 0.3) is 0 Å². The molecule has 0 atom stereocenters. The Bertz CT molecular complexity index is 794. The Balaban J connectivity index is 1.54. The number of hydrogen-bond donors (Lipinski definition) is 1. The molecule has 2 amide bonds. The minimum Gasteiger partial charge on any atom is -0.341 e. The molecule has 1 N–H and O–H groups in total. The number of carbonyl (C=O) groups is 2. The van der Waals surface area contributed by atoms with Crippen molar-refractivity contribution in [1.82, 2.24) is 4.90 Å². The van der Waals surface area contributed by atoms with E-state index in [-0.39, 0.29) is 11.8 Å². The highest BCUT2D eigenvalue weighted by molar-refractivity contribution is 7.99. The first-order chi connectivity index (χ1) is 13.5. The third-order valence-corrected chi connectivity index (χ3v) is 5.73. The first-order valence-corrected chi connectivity index (χ1v) is 11.0. The lowest BCUT2D eigenvalue weighted by molar-refractivity contribution is -0.130. The first-order valence-electron chi connectivity index (χ1n) is 9.86. The molecule has 1 heterocycles. The molecule has 0 aromatic heterocycles. The largest absolute Gasteiger partial charge is 0.341 e. The van der Waals surface area contributed by atoms with E-state index in [4.69, 9.17) is 0 Å². The highest BCUT2D eigenvalue weighted by Gasteiger charge is 2.16. The maximum atomic E-state index is 12.4. The second-order valence-corrected chi connectivity index (χ2v) is 8.84. The van der Waals surface area contributed by atoms with Crippen molar-refractivity contribution >= 4 is 29.3 Å². The van der Waals surface area contributed by atoms with Gasteiger partial charge in [0.2, 0.25) is 5.91 Å². The number of anilines is 1. The van der Waals surface area contributed by atoms with Crippen LogP contribution >= 0.6 is 11.8 Å². The van der Waals surface area contributed by atoms with Crippen LogP contribution in [0.1, 0.15) is 35.3 Å². The number of hydrogen-bond acceptors (Lipinski definition) is 3.